The fourth-order valence-corrected chi connectivity index (χ4v) is 3.45. The lowest BCUT2D eigenvalue weighted by atomic mass is 9.77. The van der Waals surface area contributed by atoms with Gasteiger partial charge in [0.05, 0.1) is 11.1 Å². The zero-order valence-electron chi connectivity index (χ0n) is 18.2. The summed E-state index contributed by atoms with van der Waals surface area (Å²) in [6, 6.07) is 7.58. The molecule has 1 aliphatic rings. The van der Waals surface area contributed by atoms with E-state index in [1.807, 2.05) is 52.0 Å². The van der Waals surface area contributed by atoms with Crippen molar-refractivity contribution in [2.45, 2.75) is 65.9 Å². The molecule has 0 fully saturated rings. The van der Waals surface area contributed by atoms with Crippen LogP contribution in [0.15, 0.2) is 29.4 Å². The number of nitrogen functional groups attached to an aromatic ring is 1. The lowest BCUT2D eigenvalue weighted by Gasteiger charge is -2.37. The number of nitrogens with zero attached hydrogens (tertiary/aromatic N) is 2. The van der Waals surface area contributed by atoms with Crippen molar-refractivity contribution in [3.8, 4) is 0 Å². The Balaban J connectivity index is 2.07. The van der Waals surface area contributed by atoms with Crippen LogP contribution in [0.25, 0.3) is 0 Å². The number of carbonyl (C=O) groups excluding carboxylic acids is 2. The monoisotopic (exact) mass is 402 g/mol. The van der Waals surface area contributed by atoms with Crippen LogP contribution in [-0.4, -0.2) is 41.4 Å². The molecule has 2 amide bonds. The van der Waals surface area contributed by atoms with Crippen LogP contribution in [0.1, 0.15) is 65.9 Å². The van der Waals surface area contributed by atoms with Gasteiger partial charge in [0.1, 0.15) is 5.60 Å². The zero-order chi connectivity index (χ0) is 21.7. The second-order valence-corrected chi connectivity index (χ2v) is 8.87. The summed E-state index contributed by atoms with van der Waals surface area (Å²) in [4.78, 5) is 24.8. The van der Waals surface area contributed by atoms with Crippen molar-refractivity contribution in [2.24, 2.45) is 10.5 Å². The molecule has 160 valence electrons. The van der Waals surface area contributed by atoms with Crippen LogP contribution in [0.5, 0.6) is 0 Å². The van der Waals surface area contributed by atoms with E-state index in [1.54, 1.807) is 5.01 Å². The molecule has 1 heterocycles. The van der Waals surface area contributed by atoms with Crippen molar-refractivity contribution >= 4 is 23.4 Å². The summed E-state index contributed by atoms with van der Waals surface area (Å²) < 4.78 is 5.23. The average Bonchev–Trinajstić information content (AvgIpc) is 2.61. The molecule has 0 bridgehead atoms. The Morgan fingerprint density at radius 3 is 2.55 bits per heavy atom. The third-order valence-corrected chi connectivity index (χ3v) is 4.81. The number of alkyl carbamates (subject to hydrolysis) is 1. The first-order valence-corrected chi connectivity index (χ1v) is 10.3. The minimum absolute atomic E-state index is 0.0378. The van der Waals surface area contributed by atoms with Crippen LogP contribution in [-0.2, 0) is 9.53 Å². The number of carbonyl (C=O) groups is 2. The molecular weight excluding hydrogens is 368 g/mol. The SMILES string of the molecule is CCCC1(C)CC(c2ccc(N)cc2)=NN(CCCNC(=O)OC(C)(C)C)C1=O. The second kappa shape index (κ2) is 9.29. The normalized spacial score (nSPS) is 19.7. The van der Waals surface area contributed by atoms with Gasteiger partial charge in [-0.15, -0.1) is 0 Å². The Hall–Kier alpha value is -2.57. The number of benzene rings is 1. The van der Waals surface area contributed by atoms with Gasteiger partial charge in [-0.05, 0) is 51.3 Å². The lowest BCUT2D eigenvalue weighted by molar-refractivity contribution is -0.142. The highest BCUT2D eigenvalue weighted by Crippen LogP contribution is 2.35. The summed E-state index contributed by atoms with van der Waals surface area (Å²) in [5.41, 5.74) is 7.35. The van der Waals surface area contributed by atoms with Crippen LogP contribution in [0.4, 0.5) is 10.5 Å². The maximum Gasteiger partial charge on any atom is 0.407 e. The number of nitrogens with two attached hydrogens (primary N) is 1. The fourth-order valence-electron chi connectivity index (χ4n) is 3.45. The number of amides is 2. The number of anilines is 1. The molecule has 0 saturated heterocycles. The quantitative estimate of drug-likeness (QED) is 0.533. The molecule has 1 atom stereocenters. The maximum absolute atomic E-state index is 13.1. The summed E-state index contributed by atoms with van der Waals surface area (Å²) in [5, 5.41) is 8.92. The van der Waals surface area contributed by atoms with Crippen LogP contribution in [0.3, 0.4) is 0 Å². The molecular formula is C22H34N4O3. The average molecular weight is 403 g/mol. The minimum Gasteiger partial charge on any atom is -0.444 e. The Morgan fingerprint density at radius 1 is 1.31 bits per heavy atom. The zero-order valence-corrected chi connectivity index (χ0v) is 18.2. The molecule has 1 aliphatic heterocycles. The Labute approximate surface area is 173 Å². The lowest BCUT2D eigenvalue weighted by Crippen LogP contribution is -2.46. The van der Waals surface area contributed by atoms with E-state index in [1.165, 1.54) is 0 Å². The number of hydrogen-bond donors (Lipinski definition) is 2. The number of hydrogen-bond acceptors (Lipinski definition) is 5. The van der Waals surface area contributed by atoms with Crippen LogP contribution >= 0.6 is 0 Å². The van der Waals surface area contributed by atoms with Gasteiger partial charge in [0.25, 0.3) is 0 Å². The smallest absolute Gasteiger partial charge is 0.407 e. The van der Waals surface area contributed by atoms with Crippen molar-refractivity contribution in [2.75, 3.05) is 18.8 Å². The van der Waals surface area contributed by atoms with Crippen molar-refractivity contribution in [1.29, 1.82) is 0 Å². The van der Waals surface area contributed by atoms with Crippen molar-refractivity contribution in [3.05, 3.63) is 29.8 Å². The number of rotatable bonds is 7. The molecule has 0 spiro atoms. The Kier molecular flexibility index (Phi) is 7.27. The topological polar surface area (TPSA) is 97.0 Å². The third-order valence-electron chi connectivity index (χ3n) is 4.81. The van der Waals surface area contributed by atoms with Gasteiger partial charge in [0, 0.05) is 25.2 Å². The van der Waals surface area contributed by atoms with E-state index in [0.717, 1.165) is 24.1 Å². The van der Waals surface area contributed by atoms with Crippen molar-refractivity contribution in [1.82, 2.24) is 10.3 Å². The van der Waals surface area contributed by atoms with E-state index in [-0.39, 0.29) is 5.91 Å². The van der Waals surface area contributed by atoms with Crippen molar-refractivity contribution < 1.29 is 14.3 Å². The van der Waals surface area contributed by atoms with Gasteiger partial charge >= 0.3 is 6.09 Å². The molecule has 0 radical (unpaired) electrons. The summed E-state index contributed by atoms with van der Waals surface area (Å²) >= 11 is 0. The van der Waals surface area contributed by atoms with Gasteiger partial charge in [-0.25, -0.2) is 9.80 Å². The predicted octanol–water partition coefficient (Wildman–Crippen LogP) is 3.93. The highest BCUT2D eigenvalue weighted by Gasteiger charge is 2.41. The van der Waals surface area contributed by atoms with Crippen molar-refractivity contribution in [3.63, 3.8) is 0 Å². The maximum atomic E-state index is 13.1. The highest BCUT2D eigenvalue weighted by molar-refractivity contribution is 6.06. The van der Waals surface area contributed by atoms with E-state index in [9.17, 15) is 9.59 Å². The molecule has 7 nitrogen and oxygen atoms in total. The van der Waals surface area contributed by atoms with Crippen LogP contribution < -0.4 is 11.1 Å². The Bertz CT molecular complexity index is 752. The summed E-state index contributed by atoms with van der Waals surface area (Å²) in [5.74, 6) is 0.0378. The largest absolute Gasteiger partial charge is 0.444 e. The molecule has 1 aromatic carbocycles. The summed E-state index contributed by atoms with van der Waals surface area (Å²) in [7, 11) is 0. The van der Waals surface area contributed by atoms with Crippen LogP contribution in [0, 0.1) is 5.41 Å². The molecule has 0 aromatic heterocycles. The summed E-state index contributed by atoms with van der Waals surface area (Å²) in [6.45, 7) is 10.4. The molecule has 0 saturated carbocycles. The first-order chi connectivity index (χ1) is 13.5. The predicted molar refractivity (Wildman–Crippen MR) is 116 cm³/mol. The standard InChI is InChI=1S/C22H34N4O3/c1-6-12-22(5)15-18(16-8-10-17(23)11-9-16)25-26(19(22)27)14-7-13-24-20(28)29-21(2,3)4/h8-11H,6-7,12-15,23H2,1-5H3,(H,24,28). The second-order valence-electron chi connectivity index (χ2n) is 8.87. The molecule has 2 rings (SSSR count). The van der Waals surface area contributed by atoms with Gasteiger partial charge in [-0.2, -0.15) is 5.10 Å². The van der Waals surface area contributed by atoms with E-state index >= 15 is 0 Å². The van der Waals surface area contributed by atoms with E-state index in [0.29, 0.717) is 31.6 Å². The molecule has 1 unspecified atom stereocenters. The van der Waals surface area contributed by atoms with E-state index in [2.05, 4.69) is 17.3 Å². The van der Waals surface area contributed by atoms with Gasteiger partial charge in [0.15, 0.2) is 0 Å². The first-order valence-electron chi connectivity index (χ1n) is 10.3. The number of ether oxygens (including phenoxy) is 1. The fraction of sp³-hybridized carbons (Fsp3) is 0.591. The third kappa shape index (κ3) is 6.48. The van der Waals surface area contributed by atoms with E-state index < -0.39 is 17.1 Å². The minimum atomic E-state index is -0.535. The van der Waals surface area contributed by atoms with E-state index in [4.69, 9.17) is 10.5 Å². The molecule has 1 aromatic rings. The molecule has 29 heavy (non-hydrogen) atoms. The van der Waals surface area contributed by atoms with Gasteiger partial charge in [-0.1, -0.05) is 32.4 Å². The molecule has 0 aliphatic carbocycles. The number of nitrogens with one attached hydrogen (secondary N) is 1. The highest BCUT2D eigenvalue weighted by atomic mass is 16.6. The molecule has 7 heteroatoms. The van der Waals surface area contributed by atoms with Gasteiger partial charge in [0.2, 0.25) is 5.91 Å². The van der Waals surface area contributed by atoms with Gasteiger partial charge < -0.3 is 15.8 Å². The number of hydrazone groups is 1. The first kappa shape index (κ1) is 22.7. The Morgan fingerprint density at radius 2 is 1.97 bits per heavy atom. The summed E-state index contributed by atoms with van der Waals surface area (Å²) in [6.07, 6.45) is 2.46. The van der Waals surface area contributed by atoms with Crippen LogP contribution in [0.2, 0.25) is 0 Å². The molecule has 3 N–H and O–H groups in total. The van der Waals surface area contributed by atoms with Gasteiger partial charge in [-0.3, -0.25) is 4.79 Å².